The molecule has 166 valence electrons. The normalized spacial score (nSPS) is 14.3. The van der Waals surface area contributed by atoms with Gasteiger partial charge in [0, 0.05) is 35.2 Å². The van der Waals surface area contributed by atoms with Crippen molar-refractivity contribution in [3.63, 3.8) is 0 Å². The lowest BCUT2D eigenvalue weighted by atomic mass is 10.1. The van der Waals surface area contributed by atoms with Gasteiger partial charge in [-0.25, -0.2) is 8.97 Å². The summed E-state index contributed by atoms with van der Waals surface area (Å²) in [6.45, 7) is 3.37. The Morgan fingerprint density at radius 1 is 1.25 bits per heavy atom. The minimum atomic E-state index is -0.0718. The largest absolute Gasteiger partial charge is 0.301 e. The molecule has 0 saturated heterocycles. The molecule has 0 unspecified atom stereocenters. The Hall–Kier alpha value is -2.20. The van der Waals surface area contributed by atoms with Crippen LogP contribution in [0, 0.1) is 0 Å². The van der Waals surface area contributed by atoms with Gasteiger partial charge in [0.25, 0.3) is 5.56 Å². The van der Waals surface area contributed by atoms with Crippen LogP contribution in [0.25, 0.3) is 21.7 Å². The molecule has 0 atom stereocenters. The third-order valence-corrected chi connectivity index (χ3v) is 8.12. The number of thioether (sulfide) groups is 1. The molecular formula is C22H22ClN5O2S2. The Balaban J connectivity index is 1.74. The summed E-state index contributed by atoms with van der Waals surface area (Å²) in [5.41, 5.74) is 1.77. The summed E-state index contributed by atoms with van der Waals surface area (Å²) in [4.78, 5) is 29.5. The SMILES string of the molecule is CC(=O)CCCSc1nnc2n(-c3ccc(Cl)cc3)c(=O)c3c4c(sc3n12)CN(C)CC4. The molecule has 4 heterocycles. The molecule has 1 aromatic carbocycles. The number of carbonyl (C=O) groups excluding carboxylic acids is 1. The van der Waals surface area contributed by atoms with E-state index in [9.17, 15) is 9.59 Å². The van der Waals surface area contributed by atoms with E-state index in [2.05, 4.69) is 22.1 Å². The first-order valence-electron chi connectivity index (χ1n) is 10.4. The maximum Gasteiger partial charge on any atom is 0.268 e. The van der Waals surface area contributed by atoms with E-state index >= 15 is 0 Å². The molecule has 0 aliphatic carbocycles. The van der Waals surface area contributed by atoms with Crippen molar-refractivity contribution in [2.24, 2.45) is 0 Å². The Bertz CT molecular complexity index is 1390. The predicted molar refractivity (Wildman–Crippen MR) is 130 cm³/mol. The monoisotopic (exact) mass is 487 g/mol. The number of carbonyl (C=O) groups is 1. The van der Waals surface area contributed by atoms with Crippen molar-refractivity contribution in [3.05, 3.63) is 50.1 Å². The smallest absolute Gasteiger partial charge is 0.268 e. The van der Waals surface area contributed by atoms with E-state index in [1.54, 1.807) is 46.7 Å². The van der Waals surface area contributed by atoms with Crippen LogP contribution >= 0.6 is 34.7 Å². The number of thiophene rings is 1. The first-order valence-corrected chi connectivity index (χ1v) is 12.6. The van der Waals surface area contributed by atoms with Crippen molar-refractivity contribution < 1.29 is 4.79 Å². The van der Waals surface area contributed by atoms with E-state index in [0.717, 1.165) is 52.6 Å². The number of ketones is 1. The summed E-state index contributed by atoms with van der Waals surface area (Å²) in [5.74, 6) is 1.44. The third kappa shape index (κ3) is 3.77. The predicted octanol–water partition coefficient (Wildman–Crippen LogP) is 4.20. The average Bonchev–Trinajstić information content (AvgIpc) is 3.33. The Kier molecular flexibility index (Phi) is 5.83. The third-order valence-electron chi connectivity index (χ3n) is 5.65. The minimum Gasteiger partial charge on any atom is -0.301 e. The van der Waals surface area contributed by atoms with Gasteiger partial charge in [-0.2, -0.15) is 0 Å². The number of likely N-dealkylation sites (N-methyl/N-ethyl adjacent to an activating group) is 1. The van der Waals surface area contributed by atoms with Gasteiger partial charge in [0.1, 0.15) is 10.6 Å². The van der Waals surface area contributed by atoms with Crippen LogP contribution in [0.4, 0.5) is 0 Å². The molecular weight excluding hydrogens is 466 g/mol. The lowest BCUT2D eigenvalue weighted by Crippen LogP contribution is -2.27. The van der Waals surface area contributed by atoms with Crippen molar-refractivity contribution >= 4 is 56.5 Å². The maximum absolute atomic E-state index is 13.8. The Morgan fingerprint density at radius 2 is 2.03 bits per heavy atom. The van der Waals surface area contributed by atoms with E-state index in [1.165, 1.54) is 4.88 Å². The van der Waals surface area contributed by atoms with Crippen LogP contribution in [-0.4, -0.2) is 49.2 Å². The lowest BCUT2D eigenvalue weighted by Gasteiger charge is -2.21. The molecule has 1 aliphatic rings. The standard InChI is InChI=1S/C22H22ClN5O2S2/c1-13(29)4-3-11-31-22-25-24-21-27(15-7-5-14(23)6-8-15)19(30)18-16-9-10-26(2)12-17(16)32-20(18)28(21)22/h5-8H,3-4,9-12H2,1-2H3. The van der Waals surface area contributed by atoms with Crippen molar-refractivity contribution in [3.8, 4) is 5.69 Å². The summed E-state index contributed by atoms with van der Waals surface area (Å²) >= 11 is 9.31. The van der Waals surface area contributed by atoms with Crippen molar-refractivity contribution in [2.75, 3.05) is 19.3 Å². The molecule has 0 N–H and O–H groups in total. The molecule has 0 fully saturated rings. The Labute approximate surface area is 198 Å². The highest BCUT2D eigenvalue weighted by molar-refractivity contribution is 7.99. The van der Waals surface area contributed by atoms with Crippen LogP contribution in [0.1, 0.15) is 30.2 Å². The summed E-state index contributed by atoms with van der Waals surface area (Å²) in [6, 6.07) is 7.21. The molecule has 7 nitrogen and oxygen atoms in total. The molecule has 5 rings (SSSR count). The van der Waals surface area contributed by atoms with Crippen molar-refractivity contribution in [1.82, 2.24) is 24.1 Å². The second-order valence-corrected chi connectivity index (χ2v) is 10.6. The van der Waals surface area contributed by atoms with Gasteiger partial charge in [0.2, 0.25) is 5.78 Å². The lowest BCUT2D eigenvalue weighted by molar-refractivity contribution is -0.117. The number of nitrogens with zero attached hydrogens (tertiary/aromatic N) is 5. The van der Waals surface area contributed by atoms with Crippen LogP contribution in [0.2, 0.25) is 5.02 Å². The Morgan fingerprint density at radius 3 is 2.78 bits per heavy atom. The zero-order valence-electron chi connectivity index (χ0n) is 17.8. The molecule has 0 radical (unpaired) electrons. The first-order chi connectivity index (χ1) is 15.4. The topological polar surface area (TPSA) is 72.5 Å². The van der Waals surface area contributed by atoms with Crippen LogP contribution in [0.3, 0.4) is 0 Å². The van der Waals surface area contributed by atoms with E-state index < -0.39 is 0 Å². The number of hydrogen-bond donors (Lipinski definition) is 0. The van der Waals surface area contributed by atoms with E-state index in [-0.39, 0.29) is 11.3 Å². The van der Waals surface area contributed by atoms with Crippen LogP contribution < -0.4 is 5.56 Å². The zero-order chi connectivity index (χ0) is 22.4. The molecule has 0 spiro atoms. The van der Waals surface area contributed by atoms with Gasteiger partial charge in [-0.15, -0.1) is 21.5 Å². The van der Waals surface area contributed by atoms with Gasteiger partial charge >= 0.3 is 0 Å². The fourth-order valence-electron chi connectivity index (χ4n) is 4.08. The van der Waals surface area contributed by atoms with Gasteiger partial charge in [0.15, 0.2) is 5.16 Å². The number of benzene rings is 1. The molecule has 32 heavy (non-hydrogen) atoms. The summed E-state index contributed by atoms with van der Waals surface area (Å²) in [5, 5.41) is 10.9. The first kappa shape index (κ1) is 21.6. The molecule has 0 saturated carbocycles. The van der Waals surface area contributed by atoms with E-state index in [1.807, 2.05) is 16.5 Å². The summed E-state index contributed by atoms with van der Waals surface area (Å²) in [6.07, 6.45) is 2.17. The molecule has 0 bridgehead atoms. The number of rotatable bonds is 6. The number of Topliss-reactive ketones (excluding diaryl/α,β-unsaturated/α-hetero) is 1. The number of halogens is 1. The number of aromatic nitrogens is 4. The highest BCUT2D eigenvalue weighted by Crippen LogP contribution is 2.35. The highest BCUT2D eigenvalue weighted by Gasteiger charge is 2.26. The molecule has 10 heteroatoms. The number of hydrogen-bond acceptors (Lipinski definition) is 7. The van der Waals surface area contributed by atoms with Crippen molar-refractivity contribution in [1.29, 1.82) is 0 Å². The van der Waals surface area contributed by atoms with E-state index in [4.69, 9.17) is 11.6 Å². The molecule has 4 aromatic rings. The van der Waals surface area contributed by atoms with Gasteiger partial charge < -0.3 is 9.69 Å². The maximum atomic E-state index is 13.8. The average molecular weight is 488 g/mol. The van der Waals surface area contributed by atoms with Gasteiger partial charge in [-0.3, -0.25) is 4.79 Å². The molecule has 1 aliphatic heterocycles. The second kappa shape index (κ2) is 8.62. The highest BCUT2D eigenvalue weighted by atomic mass is 35.5. The van der Waals surface area contributed by atoms with Gasteiger partial charge in [-0.05, 0) is 56.6 Å². The molecule has 0 amide bonds. The van der Waals surface area contributed by atoms with Gasteiger partial charge in [-0.1, -0.05) is 23.4 Å². The zero-order valence-corrected chi connectivity index (χ0v) is 20.2. The van der Waals surface area contributed by atoms with E-state index in [0.29, 0.717) is 22.9 Å². The number of fused-ring (bicyclic) bond motifs is 5. The quantitative estimate of drug-likeness (QED) is 0.300. The van der Waals surface area contributed by atoms with Crippen LogP contribution in [0.5, 0.6) is 0 Å². The summed E-state index contributed by atoms with van der Waals surface area (Å²) in [7, 11) is 2.10. The van der Waals surface area contributed by atoms with Crippen LogP contribution in [-0.2, 0) is 17.8 Å². The summed E-state index contributed by atoms with van der Waals surface area (Å²) < 4.78 is 3.64. The van der Waals surface area contributed by atoms with Crippen LogP contribution in [0.15, 0.2) is 34.2 Å². The minimum absolute atomic E-state index is 0.0718. The fourth-order valence-corrected chi connectivity index (χ4v) is 6.56. The molecule has 3 aromatic heterocycles. The second-order valence-electron chi connectivity index (χ2n) is 8.06. The van der Waals surface area contributed by atoms with Crippen molar-refractivity contribution in [2.45, 2.75) is 37.9 Å². The fraction of sp³-hybridized carbons (Fsp3) is 0.364. The van der Waals surface area contributed by atoms with Gasteiger partial charge in [0.05, 0.1) is 11.1 Å².